The average molecular weight is 270 g/mol. The molecular weight excluding hydrogens is 256 g/mol. The van der Waals surface area contributed by atoms with Gasteiger partial charge in [-0.1, -0.05) is 12.1 Å². The lowest BCUT2D eigenvalue weighted by Gasteiger charge is -2.08. The molecule has 0 heterocycles. The van der Waals surface area contributed by atoms with Crippen molar-refractivity contribution in [2.24, 2.45) is 5.73 Å². The van der Waals surface area contributed by atoms with Gasteiger partial charge in [-0.2, -0.15) is 0 Å². The lowest BCUT2D eigenvalue weighted by molar-refractivity contribution is -0.387. The summed E-state index contributed by atoms with van der Waals surface area (Å²) in [7, 11) is 1.28. The molecule has 2 N–H and O–H groups in total. The summed E-state index contributed by atoms with van der Waals surface area (Å²) in [6.45, 7) is 0. The van der Waals surface area contributed by atoms with E-state index in [9.17, 15) is 14.9 Å². The molecule has 98 valence electrons. The second-order valence-electron chi connectivity index (χ2n) is 3.49. The molecule has 7 heteroatoms. The minimum absolute atomic E-state index is 0.0640. The number of hydrogen-bond donors (Lipinski definition) is 1. The quantitative estimate of drug-likeness (QED) is 0.365. The summed E-state index contributed by atoms with van der Waals surface area (Å²) in [5.41, 5.74) is 5.63. The van der Waals surface area contributed by atoms with Gasteiger partial charge in [-0.3, -0.25) is 14.9 Å². The first-order valence-corrected chi connectivity index (χ1v) is 6.24. The molecule has 1 aromatic rings. The van der Waals surface area contributed by atoms with Gasteiger partial charge in [0, 0.05) is 11.8 Å². The van der Waals surface area contributed by atoms with Crippen molar-refractivity contribution in [3.63, 3.8) is 0 Å². The van der Waals surface area contributed by atoms with E-state index in [1.165, 1.54) is 24.9 Å². The van der Waals surface area contributed by atoms with Gasteiger partial charge in [0.2, 0.25) is 0 Å². The van der Waals surface area contributed by atoms with E-state index < -0.39 is 16.9 Å². The molecule has 0 fully saturated rings. The number of nitro groups is 1. The van der Waals surface area contributed by atoms with E-state index in [-0.39, 0.29) is 5.69 Å². The lowest BCUT2D eigenvalue weighted by atomic mass is 10.2. The molecule has 0 spiro atoms. The van der Waals surface area contributed by atoms with E-state index in [0.29, 0.717) is 17.1 Å². The lowest BCUT2D eigenvalue weighted by Crippen LogP contribution is -2.31. The van der Waals surface area contributed by atoms with Crippen LogP contribution in [0, 0.1) is 10.1 Å². The van der Waals surface area contributed by atoms with Gasteiger partial charge in [-0.15, -0.1) is 11.8 Å². The number of carbonyl (C=O) groups excluding carboxylic acids is 1. The predicted molar refractivity (Wildman–Crippen MR) is 68.4 cm³/mol. The van der Waals surface area contributed by atoms with Crippen LogP contribution in [0.4, 0.5) is 5.69 Å². The summed E-state index contributed by atoms with van der Waals surface area (Å²) < 4.78 is 4.50. The van der Waals surface area contributed by atoms with Crippen molar-refractivity contribution in [3.8, 4) is 0 Å². The van der Waals surface area contributed by atoms with Crippen molar-refractivity contribution < 1.29 is 14.5 Å². The monoisotopic (exact) mass is 270 g/mol. The number of carbonyl (C=O) groups is 1. The van der Waals surface area contributed by atoms with Crippen LogP contribution < -0.4 is 5.73 Å². The van der Waals surface area contributed by atoms with Crippen LogP contribution in [0.3, 0.4) is 0 Å². The number of esters is 1. The molecule has 0 aromatic heterocycles. The van der Waals surface area contributed by atoms with E-state index in [1.807, 2.05) is 0 Å². The second-order valence-corrected chi connectivity index (χ2v) is 4.63. The highest BCUT2D eigenvalue weighted by Crippen LogP contribution is 2.29. The average Bonchev–Trinajstić information content (AvgIpc) is 2.38. The van der Waals surface area contributed by atoms with Gasteiger partial charge in [0.15, 0.2) is 0 Å². The molecule has 0 saturated carbocycles. The zero-order valence-corrected chi connectivity index (χ0v) is 10.7. The van der Waals surface area contributed by atoms with Crippen LogP contribution in [-0.2, 0) is 9.53 Å². The largest absolute Gasteiger partial charge is 0.468 e. The number of nitrogens with zero attached hydrogens (tertiary/aromatic N) is 1. The Bertz CT molecular complexity index is 439. The summed E-state index contributed by atoms with van der Waals surface area (Å²) in [6.07, 6.45) is 0.406. The molecule has 0 saturated heterocycles. The Labute approximate surface area is 109 Å². The highest BCUT2D eigenvalue weighted by atomic mass is 32.2. The Morgan fingerprint density at radius 3 is 2.83 bits per heavy atom. The molecule has 1 rings (SSSR count). The van der Waals surface area contributed by atoms with Gasteiger partial charge in [0.05, 0.1) is 16.9 Å². The third-order valence-electron chi connectivity index (χ3n) is 2.25. The van der Waals surface area contributed by atoms with Crippen LogP contribution in [0.1, 0.15) is 6.42 Å². The summed E-state index contributed by atoms with van der Waals surface area (Å²) in [4.78, 5) is 22.0. The van der Waals surface area contributed by atoms with Crippen LogP contribution >= 0.6 is 11.8 Å². The number of ether oxygens (including phenoxy) is 1. The molecule has 0 amide bonds. The normalized spacial score (nSPS) is 11.9. The highest BCUT2D eigenvalue weighted by Gasteiger charge is 2.16. The first-order chi connectivity index (χ1) is 8.56. The topological polar surface area (TPSA) is 95.5 Å². The van der Waals surface area contributed by atoms with Crippen LogP contribution in [0.15, 0.2) is 29.2 Å². The van der Waals surface area contributed by atoms with E-state index in [4.69, 9.17) is 5.73 Å². The van der Waals surface area contributed by atoms with E-state index in [1.54, 1.807) is 18.2 Å². The maximum absolute atomic E-state index is 11.1. The number of hydrogen-bond acceptors (Lipinski definition) is 6. The Balaban J connectivity index is 2.54. The van der Waals surface area contributed by atoms with Gasteiger partial charge in [-0.25, -0.2) is 0 Å². The molecule has 0 bridgehead atoms. The van der Waals surface area contributed by atoms with Crippen molar-refractivity contribution >= 4 is 23.4 Å². The standard InChI is InChI=1S/C11H14N2O4S/c1-17-11(14)8(12)6-7-18-10-5-3-2-4-9(10)13(15)16/h2-5,8H,6-7,12H2,1H3. The Morgan fingerprint density at radius 2 is 2.22 bits per heavy atom. The van der Waals surface area contributed by atoms with Gasteiger partial charge in [0.1, 0.15) is 6.04 Å². The maximum Gasteiger partial charge on any atom is 0.322 e. The molecule has 18 heavy (non-hydrogen) atoms. The fourth-order valence-electron chi connectivity index (χ4n) is 1.30. The summed E-state index contributed by atoms with van der Waals surface area (Å²) in [6, 6.07) is 5.78. The van der Waals surface area contributed by atoms with Crippen molar-refractivity contribution in [2.45, 2.75) is 17.4 Å². The Kier molecular flexibility index (Phi) is 5.60. The summed E-state index contributed by atoms with van der Waals surface area (Å²) in [5.74, 6) is 0.0411. The van der Waals surface area contributed by atoms with Gasteiger partial charge < -0.3 is 10.5 Å². The van der Waals surface area contributed by atoms with Gasteiger partial charge in [-0.05, 0) is 12.5 Å². The molecule has 6 nitrogen and oxygen atoms in total. The fraction of sp³-hybridized carbons (Fsp3) is 0.364. The van der Waals surface area contributed by atoms with E-state index in [0.717, 1.165) is 0 Å². The number of rotatable bonds is 6. The van der Waals surface area contributed by atoms with Crippen LogP contribution in [-0.4, -0.2) is 29.8 Å². The number of methoxy groups -OCH3 is 1. The zero-order valence-electron chi connectivity index (χ0n) is 9.87. The van der Waals surface area contributed by atoms with E-state index in [2.05, 4.69) is 4.74 Å². The minimum atomic E-state index is -0.690. The molecule has 1 atom stereocenters. The number of nitrogens with two attached hydrogens (primary N) is 1. The number of para-hydroxylation sites is 1. The Hall–Kier alpha value is -1.60. The molecule has 1 aromatic carbocycles. The third-order valence-corrected chi connectivity index (χ3v) is 3.35. The smallest absolute Gasteiger partial charge is 0.322 e. The molecule has 0 aliphatic rings. The first kappa shape index (κ1) is 14.5. The van der Waals surface area contributed by atoms with Crippen LogP contribution in [0.5, 0.6) is 0 Å². The fourth-order valence-corrected chi connectivity index (χ4v) is 2.35. The molecule has 1 unspecified atom stereocenters. The predicted octanol–water partition coefficient (Wildman–Crippen LogP) is 1.58. The van der Waals surface area contributed by atoms with Gasteiger partial charge >= 0.3 is 5.97 Å². The molecule has 0 aliphatic heterocycles. The highest BCUT2D eigenvalue weighted by molar-refractivity contribution is 7.99. The van der Waals surface area contributed by atoms with Crippen molar-refractivity contribution in [1.82, 2.24) is 0 Å². The number of nitro benzene ring substituents is 1. The Morgan fingerprint density at radius 1 is 1.56 bits per heavy atom. The second kappa shape index (κ2) is 6.97. The molecular formula is C11H14N2O4S. The molecule has 0 radical (unpaired) electrons. The van der Waals surface area contributed by atoms with Crippen molar-refractivity contribution in [2.75, 3.05) is 12.9 Å². The third kappa shape index (κ3) is 4.01. The van der Waals surface area contributed by atoms with E-state index >= 15 is 0 Å². The van der Waals surface area contributed by atoms with Crippen LogP contribution in [0.2, 0.25) is 0 Å². The van der Waals surface area contributed by atoms with Crippen LogP contribution in [0.25, 0.3) is 0 Å². The van der Waals surface area contributed by atoms with Crippen molar-refractivity contribution in [3.05, 3.63) is 34.4 Å². The number of thioether (sulfide) groups is 1. The maximum atomic E-state index is 11.1. The SMILES string of the molecule is COC(=O)C(N)CCSc1ccccc1[N+](=O)[O-]. The summed E-state index contributed by atoms with van der Waals surface area (Å²) >= 11 is 1.30. The zero-order chi connectivity index (χ0) is 13.5. The summed E-state index contributed by atoms with van der Waals surface area (Å²) in [5, 5.41) is 10.8. The molecule has 0 aliphatic carbocycles. The first-order valence-electron chi connectivity index (χ1n) is 5.26. The van der Waals surface area contributed by atoms with Gasteiger partial charge in [0.25, 0.3) is 5.69 Å². The minimum Gasteiger partial charge on any atom is -0.468 e. The number of benzene rings is 1. The van der Waals surface area contributed by atoms with Crippen molar-refractivity contribution in [1.29, 1.82) is 0 Å².